The second-order valence-electron chi connectivity index (χ2n) is 6.63. The molecule has 0 saturated carbocycles. The molecule has 2 bridgehead atoms. The smallest absolute Gasteiger partial charge is 0.257 e. The minimum Gasteiger partial charge on any atom is -0.479 e. The predicted octanol–water partition coefficient (Wildman–Crippen LogP) is 3.04. The van der Waals surface area contributed by atoms with Crippen LogP contribution in [0.25, 0.3) is 16.7 Å². The Bertz CT molecular complexity index is 1270. The molecule has 154 valence electrons. The summed E-state index contributed by atoms with van der Waals surface area (Å²) in [7, 11) is 1.46. The van der Waals surface area contributed by atoms with Gasteiger partial charge in [-0.2, -0.15) is 10.1 Å². The molecule has 1 aliphatic rings. The minimum atomic E-state index is -0.508. The zero-order valence-electron chi connectivity index (χ0n) is 16.1. The zero-order chi connectivity index (χ0) is 20.8. The molecular formula is C18H16ClFN8O2. The highest BCUT2D eigenvalue weighted by Crippen LogP contribution is 2.34. The van der Waals surface area contributed by atoms with Crippen LogP contribution < -0.4 is 14.8 Å². The van der Waals surface area contributed by atoms with Crippen molar-refractivity contribution in [2.24, 2.45) is 0 Å². The van der Waals surface area contributed by atoms with Crippen molar-refractivity contribution in [2.75, 3.05) is 19.0 Å². The van der Waals surface area contributed by atoms with Gasteiger partial charge in [0.05, 0.1) is 31.0 Å². The van der Waals surface area contributed by atoms with Crippen molar-refractivity contribution in [1.29, 1.82) is 0 Å². The minimum absolute atomic E-state index is 0.234. The summed E-state index contributed by atoms with van der Waals surface area (Å²) in [6.45, 7) is 2.76. The summed E-state index contributed by atoms with van der Waals surface area (Å²) in [5.74, 6) is 0.391. The Hall–Kier alpha value is -3.47. The molecule has 1 aliphatic heterocycles. The third-order valence-corrected chi connectivity index (χ3v) is 5.02. The average molecular weight is 431 g/mol. The molecule has 0 saturated heterocycles. The number of ether oxygens (including phenoxy) is 2. The summed E-state index contributed by atoms with van der Waals surface area (Å²) in [5, 5.41) is 13.0. The van der Waals surface area contributed by atoms with Crippen LogP contribution in [-0.2, 0) is 6.54 Å². The summed E-state index contributed by atoms with van der Waals surface area (Å²) in [5.41, 5.74) is 2.17. The molecule has 1 N–H and O–H groups in total. The Kier molecular flexibility index (Phi) is 4.39. The fourth-order valence-electron chi connectivity index (χ4n) is 3.31. The van der Waals surface area contributed by atoms with Gasteiger partial charge in [-0.05, 0) is 6.92 Å². The number of pyridine rings is 1. The molecule has 12 heteroatoms. The van der Waals surface area contributed by atoms with Crippen molar-refractivity contribution in [2.45, 2.75) is 19.9 Å². The molecule has 4 aromatic rings. The molecule has 0 fully saturated rings. The van der Waals surface area contributed by atoms with E-state index in [1.165, 1.54) is 17.9 Å². The second kappa shape index (κ2) is 7.10. The van der Waals surface area contributed by atoms with Gasteiger partial charge in [0.1, 0.15) is 17.2 Å². The fourth-order valence-corrected chi connectivity index (χ4v) is 3.54. The fraction of sp³-hybridized carbons (Fsp3) is 0.278. The van der Waals surface area contributed by atoms with E-state index in [1.807, 2.05) is 6.92 Å². The van der Waals surface area contributed by atoms with Crippen LogP contribution in [0, 0.1) is 12.7 Å². The molecule has 0 amide bonds. The summed E-state index contributed by atoms with van der Waals surface area (Å²) in [6, 6.07) is 1.30. The lowest BCUT2D eigenvalue weighted by Crippen LogP contribution is -2.07. The monoisotopic (exact) mass is 430 g/mol. The van der Waals surface area contributed by atoms with E-state index in [2.05, 4.69) is 30.5 Å². The third-order valence-electron chi connectivity index (χ3n) is 4.74. The third kappa shape index (κ3) is 2.98. The molecule has 5 heterocycles. The SMILES string of the molecule is COc1ncc(F)cc1-n1nc2c(c1C)Nc1ncc3c(Cl)nn(c3n1)CCCO2. The number of halogens is 2. The van der Waals surface area contributed by atoms with E-state index in [-0.39, 0.29) is 5.88 Å². The van der Waals surface area contributed by atoms with Crippen LogP contribution in [0.15, 0.2) is 18.5 Å². The number of aromatic nitrogens is 7. The highest BCUT2D eigenvalue weighted by Gasteiger charge is 2.23. The number of nitrogens with zero attached hydrogens (tertiary/aromatic N) is 7. The first-order chi connectivity index (χ1) is 14.5. The van der Waals surface area contributed by atoms with E-state index in [4.69, 9.17) is 21.1 Å². The Balaban J connectivity index is 1.65. The summed E-state index contributed by atoms with van der Waals surface area (Å²) in [6.07, 6.45) is 3.36. The molecule has 0 spiro atoms. The van der Waals surface area contributed by atoms with E-state index in [9.17, 15) is 4.39 Å². The molecule has 0 aromatic carbocycles. The Morgan fingerprint density at radius 3 is 2.97 bits per heavy atom. The molecule has 4 aromatic heterocycles. The number of anilines is 2. The molecular weight excluding hydrogens is 415 g/mol. The van der Waals surface area contributed by atoms with Crippen LogP contribution in [0.3, 0.4) is 0 Å². The number of hydrogen-bond donors (Lipinski definition) is 1. The highest BCUT2D eigenvalue weighted by atomic mass is 35.5. The maximum Gasteiger partial charge on any atom is 0.257 e. The van der Waals surface area contributed by atoms with Crippen LogP contribution in [0.1, 0.15) is 12.1 Å². The number of rotatable bonds is 2. The molecule has 10 nitrogen and oxygen atoms in total. The normalized spacial score (nSPS) is 13.5. The lowest BCUT2D eigenvalue weighted by molar-refractivity contribution is 0.288. The number of aryl methyl sites for hydroxylation is 1. The standard InChI is InChI=1S/C18H16ClFN8O2/c1-9-13-17(26-28(9)12-6-10(20)7-21-16(12)29-2)30-5-3-4-27-15-11(14(19)25-27)8-22-18(23-13)24-15/h6-8H,3-5H2,1-2H3,(H,22,23,24). The van der Waals surface area contributed by atoms with Gasteiger partial charge in [0.25, 0.3) is 5.88 Å². The van der Waals surface area contributed by atoms with Gasteiger partial charge in [0.15, 0.2) is 10.8 Å². The van der Waals surface area contributed by atoms with Crippen molar-refractivity contribution < 1.29 is 13.9 Å². The van der Waals surface area contributed by atoms with Crippen molar-refractivity contribution in [3.63, 3.8) is 0 Å². The first kappa shape index (κ1) is 18.6. The quantitative estimate of drug-likeness (QED) is 0.517. The number of methoxy groups -OCH3 is 1. The van der Waals surface area contributed by atoms with Crippen LogP contribution >= 0.6 is 11.6 Å². The van der Waals surface area contributed by atoms with E-state index in [0.29, 0.717) is 64.7 Å². The molecule has 30 heavy (non-hydrogen) atoms. The van der Waals surface area contributed by atoms with Gasteiger partial charge in [-0.25, -0.2) is 23.7 Å². The Labute approximate surface area is 174 Å². The van der Waals surface area contributed by atoms with E-state index in [1.54, 1.807) is 10.9 Å². The van der Waals surface area contributed by atoms with Crippen LogP contribution in [-0.4, -0.2) is 48.2 Å². The summed E-state index contributed by atoms with van der Waals surface area (Å²) >= 11 is 6.19. The molecule has 0 unspecified atom stereocenters. The van der Waals surface area contributed by atoms with Crippen molar-refractivity contribution >= 4 is 34.3 Å². The van der Waals surface area contributed by atoms with E-state index >= 15 is 0 Å². The Morgan fingerprint density at radius 1 is 1.27 bits per heavy atom. The lowest BCUT2D eigenvalue weighted by atomic mass is 10.3. The lowest BCUT2D eigenvalue weighted by Gasteiger charge is -2.09. The van der Waals surface area contributed by atoms with Crippen molar-refractivity contribution in [1.82, 2.24) is 34.5 Å². The largest absolute Gasteiger partial charge is 0.479 e. The van der Waals surface area contributed by atoms with Crippen molar-refractivity contribution in [3.05, 3.63) is 35.1 Å². The number of hydrogen-bond acceptors (Lipinski definition) is 8. The highest BCUT2D eigenvalue weighted by molar-refractivity contribution is 6.34. The number of fused-ring (bicyclic) bond motifs is 2. The Morgan fingerprint density at radius 2 is 2.13 bits per heavy atom. The van der Waals surface area contributed by atoms with Gasteiger partial charge in [0, 0.05) is 25.2 Å². The zero-order valence-corrected chi connectivity index (χ0v) is 16.8. The molecule has 0 aliphatic carbocycles. The van der Waals surface area contributed by atoms with Gasteiger partial charge < -0.3 is 14.8 Å². The van der Waals surface area contributed by atoms with Crippen LogP contribution in [0.5, 0.6) is 11.8 Å². The van der Waals surface area contributed by atoms with Gasteiger partial charge in [-0.3, -0.25) is 0 Å². The van der Waals surface area contributed by atoms with E-state index < -0.39 is 5.82 Å². The molecule has 0 radical (unpaired) electrons. The predicted molar refractivity (Wildman–Crippen MR) is 106 cm³/mol. The first-order valence-corrected chi connectivity index (χ1v) is 9.51. The number of nitrogens with one attached hydrogen (secondary N) is 1. The van der Waals surface area contributed by atoms with Crippen LogP contribution in [0.2, 0.25) is 5.15 Å². The summed E-state index contributed by atoms with van der Waals surface area (Å²) < 4.78 is 28.3. The van der Waals surface area contributed by atoms with Gasteiger partial charge in [0.2, 0.25) is 11.8 Å². The van der Waals surface area contributed by atoms with Gasteiger partial charge >= 0.3 is 0 Å². The van der Waals surface area contributed by atoms with Gasteiger partial charge in [-0.15, -0.1) is 5.10 Å². The maximum atomic E-state index is 13.9. The first-order valence-electron chi connectivity index (χ1n) is 9.13. The van der Waals surface area contributed by atoms with Crippen molar-refractivity contribution in [3.8, 4) is 17.4 Å². The maximum absolute atomic E-state index is 13.9. The average Bonchev–Trinajstić information content (AvgIpc) is 3.21. The molecule has 5 rings (SSSR count). The van der Waals surface area contributed by atoms with E-state index in [0.717, 1.165) is 6.20 Å². The second-order valence-corrected chi connectivity index (χ2v) is 6.99. The molecule has 0 atom stereocenters. The van der Waals surface area contributed by atoms with Gasteiger partial charge in [-0.1, -0.05) is 11.6 Å². The summed E-state index contributed by atoms with van der Waals surface area (Å²) in [4.78, 5) is 12.9. The van der Waals surface area contributed by atoms with Crippen LogP contribution in [0.4, 0.5) is 16.0 Å². The topological polar surface area (TPSA) is 105 Å².